The molecule has 0 aromatic heterocycles. The van der Waals surface area contributed by atoms with E-state index in [1.54, 1.807) is 0 Å². The lowest BCUT2D eigenvalue weighted by molar-refractivity contribution is -0.123. The minimum atomic E-state index is -0.123. The third-order valence-electron chi connectivity index (χ3n) is 5.21. The van der Waals surface area contributed by atoms with Crippen LogP contribution in [0.3, 0.4) is 0 Å². The molecule has 21 heavy (non-hydrogen) atoms. The van der Waals surface area contributed by atoms with Gasteiger partial charge in [-0.05, 0) is 49.8 Å². The Morgan fingerprint density at radius 1 is 1.14 bits per heavy atom. The van der Waals surface area contributed by atoms with E-state index in [9.17, 15) is 9.59 Å². The average molecular weight is 286 g/mol. The van der Waals surface area contributed by atoms with Crippen LogP contribution in [-0.2, 0) is 9.59 Å². The molecular formula is C17H22N2O2. The first-order chi connectivity index (χ1) is 9.95. The molecule has 0 spiro atoms. The summed E-state index contributed by atoms with van der Waals surface area (Å²) in [7, 11) is 0. The SMILES string of the molecule is CCC1CC2C(=O)N(c3c(C)ccc(N)c3C)C(=O)C2C1. The third kappa shape index (κ3) is 1.96. The van der Waals surface area contributed by atoms with Crippen molar-refractivity contribution in [3.05, 3.63) is 23.3 Å². The van der Waals surface area contributed by atoms with Gasteiger partial charge in [-0.2, -0.15) is 0 Å². The van der Waals surface area contributed by atoms with E-state index in [2.05, 4.69) is 6.92 Å². The van der Waals surface area contributed by atoms with Crippen LogP contribution in [0.5, 0.6) is 0 Å². The molecule has 2 fully saturated rings. The van der Waals surface area contributed by atoms with Gasteiger partial charge in [-0.1, -0.05) is 19.4 Å². The van der Waals surface area contributed by atoms with Gasteiger partial charge in [0, 0.05) is 5.69 Å². The lowest BCUT2D eigenvalue weighted by Gasteiger charge is -2.22. The minimum absolute atomic E-state index is 0.0299. The largest absolute Gasteiger partial charge is 0.398 e. The summed E-state index contributed by atoms with van der Waals surface area (Å²) in [4.78, 5) is 26.9. The summed E-state index contributed by atoms with van der Waals surface area (Å²) >= 11 is 0. The summed E-state index contributed by atoms with van der Waals surface area (Å²) in [6, 6.07) is 3.70. The molecule has 4 heteroatoms. The predicted octanol–water partition coefficient (Wildman–Crippen LogP) is 2.81. The number of nitrogen functional groups attached to an aromatic ring is 1. The number of carbonyl (C=O) groups is 2. The van der Waals surface area contributed by atoms with Crippen LogP contribution in [0.4, 0.5) is 11.4 Å². The Balaban J connectivity index is 2.01. The molecule has 4 nitrogen and oxygen atoms in total. The smallest absolute Gasteiger partial charge is 0.237 e. The van der Waals surface area contributed by atoms with Gasteiger partial charge in [-0.3, -0.25) is 9.59 Å². The van der Waals surface area contributed by atoms with Crippen LogP contribution < -0.4 is 10.6 Å². The van der Waals surface area contributed by atoms with Crippen molar-refractivity contribution in [1.82, 2.24) is 0 Å². The van der Waals surface area contributed by atoms with Crippen molar-refractivity contribution >= 4 is 23.2 Å². The number of carbonyl (C=O) groups excluding carboxylic acids is 2. The van der Waals surface area contributed by atoms with Crippen molar-refractivity contribution in [3.8, 4) is 0 Å². The Morgan fingerprint density at radius 3 is 2.24 bits per heavy atom. The van der Waals surface area contributed by atoms with Gasteiger partial charge >= 0.3 is 0 Å². The molecule has 1 aliphatic heterocycles. The molecule has 1 aliphatic carbocycles. The fraction of sp³-hybridized carbons (Fsp3) is 0.529. The monoisotopic (exact) mass is 286 g/mol. The van der Waals surface area contributed by atoms with Gasteiger partial charge in [0.15, 0.2) is 0 Å². The van der Waals surface area contributed by atoms with Gasteiger partial charge in [0.2, 0.25) is 11.8 Å². The number of hydrogen-bond donors (Lipinski definition) is 1. The fourth-order valence-electron chi connectivity index (χ4n) is 3.88. The molecule has 1 aromatic rings. The molecule has 3 rings (SSSR count). The van der Waals surface area contributed by atoms with Crippen LogP contribution >= 0.6 is 0 Å². The average Bonchev–Trinajstić information content (AvgIpc) is 2.98. The molecule has 0 bridgehead atoms. The number of anilines is 2. The van der Waals surface area contributed by atoms with Gasteiger partial charge in [-0.15, -0.1) is 0 Å². The van der Waals surface area contributed by atoms with Crippen LogP contribution in [-0.4, -0.2) is 11.8 Å². The first kappa shape index (κ1) is 14.1. The quantitative estimate of drug-likeness (QED) is 0.671. The Hall–Kier alpha value is -1.84. The molecule has 2 N–H and O–H groups in total. The molecule has 2 amide bonds. The number of amides is 2. The van der Waals surface area contributed by atoms with E-state index in [0.717, 1.165) is 30.4 Å². The molecule has 2 unspecified atom stereocenters. The molecule has 112 valence electrons. The molecule has 1 aromatic carbocycles. The maximum absolute atomic E-state index is 12.7. The highest BCUT2D eigenvalue weighted by molar-refractivity contribution is 6.23. The Bertz CT molecular complexity index is 599. The second kappa shape index (κ2) is 4.86. The number of imide groups is 1. The van der Waals surface area contributed by atoms with E-state index >= 15 is 0 Å². The van der Waals surface area contributed by atoms with Gasteiger partial charge in [0.1, 0.15) is 0 Å². The van der Waals surface area contributed by atoms with Gasteiger partial charge < -0.3 is 5.73 Å². The van der Waals surface area contributed by atoms with Crippen LogP contribution in [0.25, 0.3) is 0 Å². The van der Waals surface area contributed by atoms with E-state index in [4.69, 9.17) is 5.73 Å². The van der Waals surface area contributed by atoms with Crippen molar-refractivity contribution in [1.29, 1.82) is 0 Å². The van der Waals surface area contributed by atoms with Gasteiger partial charge in [0.05, 0.1) is 17.5 Å². The zero-order valence-electron chi connectivity index (χ0n) is 12.8. The first-order valence-corrected chi connectivity index (χ1v) is 7.69. The molecule has 2 aliphatic rings. The van der Waals surface area contributed by atoms with E-state index < -0.39 is 0 Å². The van der Waals surface area contributed by atoms with Crippen molar-refractivity contribution < 1.29 is 9.59 Å². The zero-order valence-corrected chi connectivity index (χ0v) is 12.8. The Morgan fingerprint density at radius 2 is 1.71 bits per heavy atom. The summed E-state index contributed by atoms with van der Waals surface area (Å²) in [5.74, 6) is 0.207. The molecule has 1 saturated heterocycles. The molecule has 1 heterocycles. The van der Waals surface area contributed by atoms with Crippen LogP contribution in [0, 0.1) is 31.6 Å². The molecule has 2 atom stereocenters. The van der Waals surface area contributed by atoms with Crippen molar-refractivity contribution in [2.24, 2.45) is 17.8 Å². The van der Waals surface area contributed by atoms with Gasteiger partial charge in [-0.25, -0.2) is 4.90 Å². The van der Waals surface area contributed by atoms with E-state index in [1.807, 2.05) is 26.0 Å². The van der Waals surface area contributed by atoms with Crippen LogP contribution in [0.2, 0.25) is 0 Å². The number of nitrogens with two attached hydrogens (primary N) is 1. The predicted molar refractivity (Wildman–Crippen MR) is 82.8 cm³/mol. The summed E-state index contributed by atoms with van der Waals surface area (Å²) < 4.78 is 0. The highest BCUT2D eigenvalue weighted by Gasteiger charge is 2.53. The van der Waals surface area contributed by atoms with Crippen molar-refractivity contribution in [2.45, 2.75) is 40.0 Å². The summed E-state index contributed by atoms with van der Waals surface area (Å²) in [5.41, 5.74) is 9.03. The number of fused-ring (bicyclic) bond motifs is 1. The van der Waals surface area contributed by atoms with Crippen molar-refractivity contribution in [3.63, 3.8) is 0 Å². The summed E-state index contributed by atoms with van der Waals surface area (Å²) in [6.45, 7) is 5.93. The molecule has 0 radical (unpaired) electrons. The Kier molecular flexibility index (Phi) is 3.27. The topological polar surface area (TPSA) is 63.4 Å². The summed E-state index contributed by atoms with van der Waals surface area (Å²) in [6.07, 6.45) is 2.75. The van der Waals surface area contributed by atoms with Crippen LogP contribution in [0.1, 0.15) is 37.3 Å². The highest BCUT2D eigenvalue weighted by atomic mass is 16.2. The number of aryl methyl sites for hydroxylation is 1. The highest BCUT2D eigenvalue weighted by Crippen LogP contribution is 2.46. The van der Waals surface area contributed by atoms with Crippen molar-refractivity contribution in [2.75, 3.05) is 10.6 Å². The molecular weight excluding hydrogens is 264 g/mol. The Labute approximate surface area is 125 Å². The van der Waals surface area contributed by atoms with Crippen LogP contribution in [0.15, 0.2) is 12.1 Å². The maximum atomic E-state index is 12.7. The van der Waals surface area contributed by atoms with E-state index in [1.165, 1.54) is 4.90 Å². The fourth-order valence-corrected chi connectivity index (χ4v) is 3.88. The maximum Gasteiger partial charge on any atom is 0.237 e. The third-order valence-corrected chi connectivity index (χ3v) is 5.21. The molecule has 1 saturated carbocycles. The lowest BCUT2D eigenvalue weighted by atomic mass is 10.00. The van der Waals surface area contributed by atoms with Gasteiger partial charge in [0.25, 0.3) is 0 Å². The van der Waals surface area contributed by atoms with E-state index in [-0.39, 0.29) is 23.7 Å². The number of rotatable bonds is 2. The van der Waals surface area contributed by atoms with E-state index in [0.29, 0.717) is 17.3 Å². The number of nitrogens with zero attached hydrogens (tertiary/aromatic N) is 1. The minimum Gasteiger partial charge on any atom is -0.398 e. The second-order valence-electron chi connectivity index (χ2n) is 6.42. The number of hydrogen-bond acceptors (Lipinski definition) is 3. The second-order valence-corrected chi connectivity index (χ2v) is 6.42. The summed E-state index contributed by atoms with van der Waals surface area (Å²) in [5, 5.41) is 0. The zero-order chi connectivity index (χ0) is 15.3. The first-order valence-electron chi connectivity index (χ1n) is 7.69. The number of benzene rings is 1. The lowest BCUT2D eigenvalue weighted by Crippen LogP contribution is -2.33. The normalized spacial score (nSPS) is 28.3. The standard InChI is InChI=1S/C17H22N2O2/c1-4-11-7-12-13(8-11)17(21)19(16(12)20)15-9(2)5-6-14(18)10(15)3/h5-6,11-13H,4,7-8,18H2,1-3H3.